The quantitative estimate of drug-likeness (QED) is 0.714. The van der Waals surface area contributed by atoms with Crippen molar-refractivity contribution in [3.63, 3.8) is 0 Å². The van der Waals surface area contributed by atoms with Gasteiger partial charge in [-0.15, -0.1) is 0 Å². The number of carbonyl (C=O) groups excluding carboxylic acids is 2. The molecule has 1 aliphatic carbocycles. The van der Waals surface area contributed by atoms with Crippen LogP contribution in [0.15, 0.2) is 36.4 Å². The molecule has 5 rings (SSSR count). The van der Waals surface area contributed by atoms with Gasteiger partial charge >= 0.3 is 0 Å². The number of hydrogen-bond donors (Lipinski definition) is 1. The molecule has 1 aromatic heterocycles. The van der Waals surface area contributed by atoms with E-state index in [-0.39, 0.29) is 17.2 Å². The Kier molecular flexibility index (Phi) is 6.32. The molecule has 2 aliphatic heterocycles. The lowest BCUT2D eigenvalue weighted by Crippen LogP contribution is -2.35. The van der Waals surface area contributed by atoms with Gasteiger partial charge in [0.15, 0.2) is 0 Å². The summed E-state index contributed by atoms with van der Waals surface area (Å²) < 4.78 is 0. The Bertz CT molecular complexity index is 1050. The Morgan fingerprint density at radius 2 is 1.76 bits per heavy atom. The average molecular weight is 478 g/mol. The number of aromatic nitrogens is 1. The molecular formula is C27H33N4O2S. The molecule has 2 amide bonds. The van der Waals surface area contributed by atoms with Crippen LogP contribution >= 0.6 is 11.8 Å². The van der Waals surface area contributed by atoms with Crippen molar-refractivity contribution in [2.24, 2.45) is 17.8 Å². The first-order valence-electron chi connectivity index (χ1n) is 12.2. The molecule has 179 valence electrons. The van der Waals surface area contributed by atoms with Crippen LogP contribution in [0.4, 0.5) is 5.82 Å². The Labute approximate surface area is 206 Å². The van der Waals surface area contributed by atoms with Crippen molar-refractivity contribution in [1.29, 1.82) is 0 Å². The van der Waals surface area contributed by atoms with E-state index < -0.39 is 0 Å². The zero-order valence-corrected chi connectivity index (χ0v) is 21.0. The third-order valence-corrected chi connectivity index (χ3v) is 8.33. The molecule has 1 radical (unpaired) electrons. The van der Waals surface area contributed by atoms with Gasteiger partial charge in [-0.05, 0) is 53.0 Å². The number of benzene rings is 1. The maximum absolute atomic E-state index is 12.9. The highest BCUT2D eigenvalue weighted by Gasteiger charge is 2.56. The number of carbonyl (C=O) groups is 2. The first kappa shape index (κ1) is 23.2. The fourth-order valence-corrected chi connectivity index (χ4v) is 6.07. The average Bonchev–Trinajstić information content (AvgIpc) is 3.30. The highest BCUT2D eigenvalue weighted by atomic mass is 32.2. The normalized spacial score (nSPS) is 24.0. The summed E-state index contributed by atoms with van der Waals surface area (Å²) in [7, 11) is 0. The largest absolute Gasteiger partial charge is 0.355 e. The summed E-state index contributed by atoms with van der Waals surface area (Å²) in [5.41, 5.74) is 2.43. The maximum Gasteiger partial charge on any atom is 0.270 e. The summed E-state index contributed by atoms with van der Waals surface area (Å²) in [4.78, 5) is 34.4. The van der Waals surface area contributed by atoms with E-state index in [1.54, 1.807) is 6.07 Å². The monoisotopic (exact) mass is 477 g/mol. The zero-order chi connectivity index (χ0) is 23.9. The molecule has 2 atom stereocenters. The molecular weight excluding hydrogens is 444 g/mol. The van der Waals surface area contributed by atoms with Gasteiger partial charge in [0.25, 0.3) is 11.8 Å². The Balaban J connectivity index is 1.11. The third kappa shape index (κ3) is 4.81. The molecule has 1 N–H and O–H groups in total. The summed E-state index contributed by atoms with van der Waals surface area (Å²) in [5, 5.41) is 3.06. The number of rotatable bonds is 5. The first-order chi connectivity index (χ1) is 16.3. The van der Waals surface area contributed by atoms with Gasteiger partial charge in [-0.25, -0.2) is 4.98 Å². The third-order valence-electron chi connectivity index (χ3n) is 7.38. The van der Waals surface area contributed by atoms with E-state index in [0.717, 1.165) is 49.1 Å². The second kappa shape index (κ2) is 9.25. The van der Waals surface area contributed by atoms with Crippen molar-refractivity contribution in [1.82, 2.24) is 15.2 Å². The Morgan fingerprint density at radius 3 is 2.41 bits per heavy atom. The van der Waals surface area contributed by atoms with Crippen LogP contribution in [0.25, 0.3) is 0 Å². The van der Waals surface area contributed by atoms with E-state index in [0.29, 0.717) is 30.0 Å². The molecule has 3 fully saturated rings. The first-order valence-corrected chi connectivity index (χ1v) is 13.4. The van der Waals surface area contributed by atoms with Gasteiger partial charge < -0.3 is 15.1 Å². The van der Waals surface area contributed by atoms with Gasteiger partial charge in [-0.2, -0.15) is 11.8 Å². The molecule has 2 unspecified atom stereocenters. The molecule has 2 aromatic rings. The van der Waals surface area contributed by atoms with Crippen LogP contribution in [0.1, 0.15) is 47.2 Å². The maximum atomic E-state index is 12.9. The fourth-order valence-electron chi connectivity index (χ4n) is 5.17. The van der Waals surface area contributed by atoms with Crippen molar-refractivity contribution in [2.75, 3.05) is 49.1 Å². The number of nitrogens with zero attached hydrogens (tertiary/aromatic N) is 3. The Morgan fingerprint density at radius 1 is 1.09 bits per heavy atom. The molecule has 2 saturated heterocycles. The van der Waals surface area contributed by atoms with Crippen LogP contribution in [-0.4, -0.2) is 65.9 Å². The van der Waals surface area contributed by atoms with Gasteiger partial charge in [-0.1, -0.05) is 32.9 Å². The number of hydrogen-bond acceptors (Lipinski definition) is 5. The number of likely N-dealkylation sites (tertiary alicyclic amines) is 1. The van der Waals surface area contributed by atoms with Crippen LogP contribution in [0.2, 0.25) is 0 Å². The van der Waals surface area contributed by atoms with E-state index >= 15 is 0 Å². The number of amides is 2. The predicted octanol–water partition coefficient (Wildman–Crippen LogP) is 3.48. The van der Waals surface area contributed by atoms with Gasteiger partial charge in [0.2, 0.25) is 0 Å². The molecule has 1 saturated carbocycles. The van der Waals surface area contributed by atoms with Crippen LogP contribution in [0.5, 0.6) is 0 Å². The van der Waals surface area contributed by atoms with E-state index in [4.69, 9.17) is 0 Å². The number of thioether (sulfide) groups is 1. The van der Waals surface area contributed by atoms with Crippen LogP contribution < -0.4 is 10.2 Å². The second-order valence-electron chi connectivity index (χ2n) is 10.6. The molecule has 1 aromatic carbocycles. The number of piperidine rings is 1. The van der Waals surface area contributed by atoms with Crippen molar-refractivity contribution in [2.45, 2.75) is 26.2 Å². The number of pyridine rings is 1. The molecule has 0 bridgehead atoms. The molecule has 6 nitrogen and oxygen atoms in total. The summed E-state index contributed by atoms with van der Waals surface area (Å²) >= 11 is 1.95. The number of anilines is 1. The van der Waals surface area contributed by atoms with E-state index in [1.165, 1.54) is 5.56 Å². The van der Waals surface area contributed by atoms with E-state index in [9.17, 15) is 9.59 Å². The lowest BCUT2D eigenvalue weighted by atomic mass is 9.86. The fraction of sp³-hybridized carbons (Fsp3) is 0.519. The zero-order valence-electron chi connectivity index (χ0n) is 20.2. The molecule has 0 spiro atoms. The molecule has 3 aliphatic rings. The SMILES string of the molecule is CC(C)(C)c1ccc(C(=O)N2CC3C(CNC(=O)c4[c]ccc(N5CCSCC5)n4)C3C2)cc1. The summed E-state index contributed by atoms with van der Waals surface area (Å²) in [6, 6.07) is 14.7. The van der Waals surface area contributed by atoms with E-state index in [2.05, 4.69) is 54.2 Å². The van der Waals surface area contributed by atoms with Crippen molar-refractivity contribution >= 4 is 29.4 Å². The smallest absolute Gasteiger partial charge is 0.270 e. The molecule has 7 heteroatoms. The Hall–Kier alpha value is -2.54. The lowest BCUT2D eigenvalue weighted by Gasteiger charge is -2.27. The van der Waals surface area contributed by atoms with Crippen molar-refractivity contribution < 1.29 is 9.59 Å². The predicted molar refractivity (Wildman–Crippen MR) is 136 cm³/mol. The minimum Gasteiger partial charge on any atom is -0.355 e. The second-order valence-corrected chi connectivity index (χ2v) is 11.9. The van der Waals surface area contributed by atoms with Crippen LogP contribution in [0.3, 0.4) is 0 Å². The van der Waals surface area contributed by atoms with Gasteiger partial charge in [0, 0.05) is 55.9 Å². The molecule has 34 heavy (non-hydrogen) atoms. The standard InChI is InChI=1S/C27H33N4O2S/c1-27(2,3)19-9-7-18(8-10-19)26(33)31-16-21-20(22(21)17-31)15-28-25(32)23-5-4-6-24(29-23)30-11-13-34-14-12-30/h4,6-10,20-22H,11-17H2,1-3H3,(H,28,32). The lowest BCUT2D eigenvalue weighted by molar-refractivity contribution is 0.0764. The van der Waals surface area contributed by atoms with Crippen LogP contribution in [0, 0.1) is 23.8 Å². The molecule has 3 heterocycles. The minimum atomic E-state index is -0.162. The minimum absolute atomic E-state index is 0.0792. The summed E-state index contributed by atoms with van der Waals surface area (Å²) in [6.45, 7) is 10.6. The van der Waals surface area contributed by atoms with Gasteiger partial charge in [0.05, 0.1) is 0 Å². The summed E-state index contributed by atoms with van der Waals surface area (Å²) in [5.74, 6) is 4.39. The van der Waals surface area contributed by atoms with Crippen molar-refractivity contribution in [3.05, 3.63) is 59.3 Å². The van der Waals surface area contributed by atoms with E-state index in [1.807, 2.05) is 34.9 Å². The van der Waals surface area contributed by atoms with Crippen molar-refractivity contribution in [3.8, 4) is 0 Å². The highest BCUT2D eigenvalue weighted by Crippen LogP contribution is 2.51. The highest BCUT2D eigenvalue weighted by molar-refractivity contribution is 7.99. The van der Waals surface area contributed by atoms with Gasteiger partial charge in [0.1, 0.15) is 11.5 Å². The summed E-state index contributed by atoms with van der Waals surface area (Å²) in [6.07, 6.45) is 0. The topological polar surface area (TPSA) is 65.5 Å². The van der Waals surface area contributed by atoms with Gasteiger partial charge in [-0.3, -0.25) is 9.59 Å². The number of nitrogens with one attached hydrogen (secondary N) is 1. The van der Waals surface area contributed by atoms with Crippen LogP contribution in [-0.2, 0) is 5.41 Å². The number of fused-ring (bicyclic) bond motifs is 1.